The quantitative estimate of drug-likeness (QED) is 0.762. The molecule has 2 nitrogen and oxygen atoms in total. The third-order valence-corrected chi connectivity index (χ3v) is 4.83. The van der Waals surface area contributed by atoms with Gasteiger partial charge in [-0.1, -0.05) is 35.3 Å². The standard InChI is InChI=1S/C17H18Cl2N2/c1-11-9-12(15-7-4-8-21(15)2)10-20-17(11)16-13(18)5-3-6-14(16)19/h3,5-6,9-10,15H,4,7-8H2,1-2H3. The van der Waals surface area contributed by atoms with E-state index < -0.39 is 0 Å². The molecule has 1 fully saturated rings. The Morgan fingerprint density at radius 2 is 1.95 bits per heavy atom. The number of pyridine rings is 1. The smallest absolute Gasteiger partial charge is 0.0761 e. The zero-order valence-corrected chi connectivity index (χ0v) is 13.7. The molecule has 1 atom stereocenters. The highest BCUT2D eigenvalue weighted by molar-refractivity contribution is 6.39. The number of hydrogen-bond donors (Lipinski definition) is 0. The number of aromatic nitrogens is 1. The topological polar surface area (TPSA) is 16.1 Å². The maximum absolute atomic E-state index is 6.29. The fraction of sp³-hybridized carbons (Fsp3) is 0.353. The Bertz CT molecular complexity index is 650. The number of aryl methyl sites for hydroxylation is 1. The van der Waals surface area contributed by atoms with E-state index in [9.17, 15) is 0 Å². The van der Waals surface area contributed by atoms with Crippen molar-refractivity contribution in [2.24, 2.45) is 0 Å². The Hall–Kier alpha value is -1.09. The highest BCUT2D eigenvalue weighted by Gasteiger charge is 2.23. The summed E-state index contributed by atoms with van der Waals surface area (Å²) < 4.78 is 0. The highest BCUT2D eigenvalue weighted by atomic mass is 35.5. The van der Waals surface area contributed by atoms with Crippen molar-refractivity contribution in [1.82, 2.24) is 9.88 Å². The molecule has 3 rings (SSSR count). The van der Waals surface area contributed by atoms with Crippen LogP contribution in [0.2, 0.25) is 10.0 Å². The largest absolute Gasteiger partial charge is 0.299 e. The summed E-state index contributed by atoms with van der Waals surface area (Å²) in [5.74, 6) is 0. The van der Waals surface area contributed by atoms with Gasteiger partial charge in [-0.05, 0) is 56.6 Å². The second-order valence-electron chi connectivity index (χ2n) is 5.67. The Balaban J connectivity index is 2.02. The Kier molecular flexibility index (Phi) is 4.21. The number of benzene rings is 1. The van der Waals surface area contributed by atoms with E-state index in [2.05, 4.69) is 29.9 Å². The lowest BCUT2D eigenvalue weighted by molar-refractivity contribution is 0.317. The van der Waals surface area contributed by atoms with Gasteiger partial charge in [-0.3, -0.25) is 9.88 Å². The molecule has 21 heavy (non-hydrogen) atoms. The Labute approximate surface area is 135 Å². The van der Waals surface area contributed by atoms with Crippen molar-refractivity contribution < 1.29 is 0 Å². The first kappa shape index (κ1) is 14.8. The molecule has 1 saturated heterocycles. The van der Waals surface area contributed by atoms with E-state index in [1.807, 2.05) is 24.4 Å². The van der Waals surface area contributed by atoms with E-state index in [0.29, 0.717) is 16.1 Å². The monoisotopic (exact) mass is 320 g/mol. The first-order valence-electron chi connectivity index (χ1n) is 7.19. The van der Waals surface area contributed by atoms with Crippen LogP contribution in [0.5, 0.6) is 0 Å². The highest BCUT2D eigenvalue weighted by Crippen LogP contribution is 2.37. The molecule has 0 aliphatic carbocycles. The summed E-state index contributed by atoms with van der Waals surface area (Å²) in [6.07, 6.45) is 4.41. The summed E-state index contributed by atoms with van der Waals surface area (Å²) in [5.41, 5.74) is 4.09. The summed E-state index contributed by atoms with van der Waals surface area (Å²) in [7, 11) is 2.17. The van der Waals surface area contributed by atoms with Crippen LogP contribution < -0.4 is 0 Å². The van der Waals surface area contributed by atoms with Crippen LogP contribution in [0.1, 0.15) is 30.0 Å². The van der Waals surface area contributed by atoms with E-state index in [0.717, 1.165) is 23.4 Å². The van der Waals surface area contributed by atoms with Crippen LogP contribution in [0.3, 0.4) is 0 Å². The van der Waals surface area contributed by atoms with E-state index in [4.69, 9.17) is 23.2 Å². The predicted molar refractivity (Wildman–Crippen MR) is 89.0 cm³/mol. The lowest BCUT2D eigenvalue weighted by Gasteiger charge is -2.20. The molecule has 1 unspecified atom stereocenters. The van der Waals surface area contributed by atoms with Crippen molar-refractivity contribution in [1.29, 1.82) is 0 Å². The third-order valence-electron chi connectivity index (χ3n) is 4.20. The van der Waals surface area contributed by atoms with Gasteiger partial charge in [0, 0.05) is 17.8 Å². The van der Waals surface area contributed by atoms with Gasteiger partial charge in [0.05, 0.1) is 15.7 Å². The van der Waals surface area contributed by atoms with Crippen molar-refractivity contribution in [3.05, 3.63) is 51.6 Å². The molecule has 1 aliphatic heterocycles. The van der Waals surface area contributed by atoms with E-state index in [1.165, 1.54) is 18.4 Å². The molecule has 110 valence electrons. The minimum Gasteiger partial charge on any atom is -0.299 e. The molecule has 4 heteroatoms. The number of rotatable bonds is 2. The maximum Gasteiger partial charge on any atom is 0.0761 e. The maximum atomic E-state index is 6.29. The molecule has 0 saturated carbocycles. The minimum atomic E-state index is 0.479. The molecular formula is C17H18Cl2N2. The fourth-order valence-corrected chi connectivity index (χ4v) is 3.67. The van der Waals surface area contributed by atoms with Crippen LogP contribution in [0.25, 0.3) is 11.3 Å². The van der Waals surface area contributed by atoms with E-state index in [1.54, 1.807) is 0 Å². The first-order valence-corrected chi connectivity index (χ1v) is 7.94. The molecule has 1 aliphatic rings. The molecule has 0 amide bonds. The molecule has 0 N–H and O–H groups in total. The summed E-state index contributed by atoms with van der Waals surface area (Å²) in [5, 5.41) is 1.28. The number of nitrogens with zero attached hydrogens (tertiary/aromatic N) is 2. The zero-order chi connectivity index (χ0) is 15.0. The average Bonchev–Trinajstić information content (AvgIpc) is 2.86. The Morgan fingerprint density at radius 3 is 2.52 bits per heavy atom. The predicted octanol–water partition coefficient (Wildman–Crippen LogP) is 5.13. The fourth-order valence-electron chi connectivity index (χ4n) is 3.10. The molecule has 0 radical (unpaired) electrons. The minimum absolute atomic E-state index is 0.479. The van der Waals surface area contributed by atoms with Gasteiger partial charge >= 0.3 is 0 Å². The van der Waals surface area contributed by atoms with Crippen molar-refractivity contribution in [2.75, 3.05) is 13.6 Å². The van der Waals surface area contributed by atoms with Crippen LogP contribution in [-0.4, -0.2) is 23.5 Å². The van der Waals surface area contributed by atoms with Gasteiger partial charge in [0.25, 0.3) is 0 Å². The third kappa shape index (κ3) is 2.80. The average molecular weight is 321 g/mol. The molecule has 0 spiro atoms. The van der Waals surface area contributed by atoms with Gasteiger partial charge in [0.15, 0.2) is 0 Å². The van der Waals surface area contributed by atoms with Crippen molar-refractivity contribution in [3.8, 4) is 11.3 Å². The second-order valence-corrected chi connectivity index (χ2v) is 6.48. The second kappa shape index (κ2) is 5.96. The van der Waals surface area contributed by atoms with Crippen LogP contribution in [0.15, 0.2) is 30.5 Å². The molecule has 0 bridgehead atoms. The summed E-state index contributed by atoms with van der Waals surface area (Å²) in [6.45, 7) is 3.22. The van der Waals surface area contributed by atoms with Crippen molar-refractivity contribution in [3.63, 3.8) is 0 Å². The zero-order valence-electron chi connectivity index (χ0n) is 12.2. The van der Waals surface area contributed by atoms with Gasteiger partial charge in [0.1, 0.15) is 0 Å². The van der Waals surface area contributed by atoms with E-state index in [-0.39, 0.29) is 0 Å². The lowest BCUT2D eigenvalue weighted by Crippen LogP contribution is -2.17. The Morgan fingerprint density at radius 1 is 1.24 bits per heavy atom. The van der Waals surface area contributed by atoms with Crippen LogP contribution in [-0.2, 0) is 0 Å². The first-order chi connectivity index (χ1) is 10.1. The molecule has 2 heterocycles. The van der Waals surface area contributed by atoms with Gasteiger partial charge < -0.3 is 0 Å². The van der Waals surface area contributed by atoms with E-state index >= 15 is 0 Å². The number of hydrogen-bond acceptors (Lipinski definition) is 2. The van der Waals surface area contributed by atoms with Crippen LogP contribution in [0, 0.1) is 6.92 Å². The normalized spacial score (nSPS) is 19.1. The molecule has 1 aromatic carbocycles. The van der Waals surface area contributed by atoms with Gasteiger partial charge in [-0.15, -0.1) is 0 Å². The SMILES string of the molecule is Cc1cc(C2CCCN2C)cnc1-c1c(Cl)cccc1Cl. The van der Waals surface area contributed by atoms with Crippen LogP contribution >= 0.6 is 23.2 Å². The lowest BCUT2D eigenvalue weighted by atomic mass is 10.0. The summed E-state index contributed by atoms with van der Waals surface area (Å²) >= 11 is 12.6. The summed E-state index contributed by atoms with van der Waals surface area (Å²) in [6, 6.07) is 8.25. The molecular weight excluding hydrogens is 303 g/mol. The summed E-state index contributed by atoms with van der Waals surface area (Å²) in [4.78, 5) is 7.04. The van der Waals surface area contributed by atoms with Crippen LogP contribution in [0.4, 0.5) is 0 Å². The number of likely N-dealkylation sites (tertiary alicyclic amines) is 1. The molecule has 2 aromatic rings. The van der Waals surface area contributed by atoms with Crippen molar-refractivity contribution in [2.45, 2.75) is 25.8 Å². The number of halogens is 2. The van der Waals surface area contributed by atoms with Gasteiger partial charge in [-0.25, -0.2) is 0 Å². The molecule has 1 aromatic heterocycles. The van der Waals surface area contributed by atoms with Crippen molar-refractivity contribution >= 4 is 23.2 Å². The van der Waals surface area contributed by atoms with Gasteiger partial charge in [0.2, 0.25) is 0 Å². The van der Waals surface area contributed by atoms with Gasteiger partial charge in [-0.2, -0.15) is 0 Å².